The van der Waals surface area contributed by atoms with Crippen molar-refractivity contribution in [2.24, 2.45) is 0 Å². The highest BCUT2D eigenvalue weighted by atomic mass is 16.5. The Morgan fingerprint density at radius 3 is 2.42 bits per heavy atom. The van der Waals surface area contributed by atoms with Gasteiger partial charge in [0.25, 0.3) is 5.91 Å². The van der Waals surface area contributed by atoms with Crippen molar-refractivity contribution in [3.8, 4) is 11.5 Å². The van der Waals surface area contributed by atoms with Gasteiger partial charge in [0.15, 0.2) is 12.4 Å². The van der Waals surface area contributed by atoms with E-state index in [0.717, 1.165) is 11.1 Å². The van der Waals surface area contributed by atoms with Gasteiger partial charge in [-0.2, -0.15) is 0 Å². The second-order valence-electron chi connectivity index (χ2n) is 5.55. The Morgan fingerprint density at radius 2 is 1.79 bits per heavy atom. The molecule has 0 radical (unpaired) electrons. The van der Waals surface area contributed by atoms with Crippen molar-refractivity contribution in [1.29, 1.82) is 0 Å². The first-order valence-corrected chi connectivity index (χ1v) is 7.59. The number of aryl methyl sites for hydroxylation is 2. The molecule has 0 aliphatic rings. The molecule has 0 saturated carbocycles. The van der Waals surface area contributed by atoms with E-state index in [1.165, 1.54) is 14.0 Å². The molecule has 1 amide bonds. The van der Waals surface area contributed by atoms with Gasteiger partial charge in [-0.05, 0) is 56.2 Å². The highest BCUT2D eigenvalue weighted by Gasteiger charge is 2.12. The SMILES string of the molecule is COc1ccc(C(C)=O)c(OCC(=O)Nc2ccc(C)c(C)c2)c1. The standard InChI is InChI=1S/C19H21NO4/c1-12-5-6-15(9-13(12)2)20-19(22)11-24-18-10-16(23-4)7-8-17(18)14(3)21/h5-10H,11H2,1-4H3,(H,20,22). The summed E-state index contributed by atoms with van der Waals surface area (Å²) in [7, 11) is 1.53. The second-order valence-corrected chi connectivity index (χ2v) is 5.55. The fourth-order valence-electron chi connectivity index (χ4n) is 2.20. The van der Waals surface area contributed by atoms with Crippen LogP contribution in [0.2, 0.25) is 0 Å². The third-order valence-corrected chi connectivity index (χ3v) is 3.72. The van der Waals surface area contributed by atoms with Gasteiger partial charge in [-0.15, -0.1) is 0 Å². The average Bonchev–Trinajstić information content (AvgIpc) is 2.56. The van der Waals surface area contributed by atoms with Crippen LogP contribution in [-0.2, 0) is 4.79 Å². The molecule has 0 unspecified atom stereocenters. The van der Waals surface area contributed by atoms with Gasteiger partial charge in [0.05, 0.1) is 12.7 Å². The van der Waals surface area contributed by atoms with Gasteiger partial charge in [-0.25, -0.2) is 0 Å². The quantitative estimate of drug-likeness (QED) is 0.824. The lowest BCUT2D eigenvalue weighted by Gasteiger charge is -2.12. The molecule has 0 bridgehead atoms. The molecule has 1 N–H and O–H groups in total. The summed E-state index contributed by atoms with van der Waals surface area (Å²) in [6, 6.07) is 10.6. The fourth-order valence-corrected chi connectivity index (χ4v) is 2.20. The lowest BCUT2D eigenvalue weighted by molar-refractivity contribution is -0.118. The summed E-state index contributed by atoms with van der Waals surface area (Å²) in [4.78, 5) is 23.7. The molecule has 0 heterocycles. The van der Waals surface area contributed by atoms with Gasteiger partial charge >= 0.3 is 0 Å². The summed E-state index contributed by atoms with van der Waals surface area (Å²) >= 11 is 0. The van der Waals surface area contributed by atoms with E-state index in [9.17, 15) is 9.59 Å². The number of methoxy groups -OCH3 is 1. The van der Waals surface area contributed by atoms with Gasteiger partial charge in [0.1, 0.15) is 11.5 Å². The Bertz CT molecular complexity index is 768. The van der Waals surface area contributed by atoms with E-state index in [2.05, 4.69) is 5.32 Å². The Morgan fingerprint density at radius 1 is 1.04 bits per heavy atom. The molecule has 2 aromatic carbocycles. The third-order valence-electron chi connectivity index (χ3n) is 3.72. The number of carbonyl (C=O) groups is 2. The van der Waals surface area contributed by atoms with Crippen LogP contribution in [0.25, 0.3) is 0 Å². The van der Waals surface area contributed by atoms with E-state index in [-0.39, 0.29) is 18.3 Å². The van der Waals surface area contributed by atoms with Crippen molar-refractivity contribution in [3.63, 3.8) is 0 Å². The Kier molecular flexibility index (Phi) is 5.58. The number of hydrogen-bond donors (Lipinski definition) is 1. The molecule has 0 aliphatic carbocycles. The molecule has 2 aromatic rings. The monoisotopic (exact) mass is 327 g/mol. The van der Waals surface area contributed by atoms with Crippen molar-refractivity contribution < 1.29 is 19.1 Å². The number of hydrogen-bond acceptors (Lipinski definition) is 4. The number of ketones is 1. The van der Waals surface area contributed by atoms with E-state index in [0.29, 0.717) is 22.7 Å². The molecule has 0 spiro atoms. The Balaban J connectivity index is 2.05. The highest BCUT2D eigenvalue weighted by Crippen LogP contribution is 2.25. The minimum absolute atomic E-state index is 0.137. The minimum Gasteiger partial charge on any atom is -0.497 e. The molecule has 0 aromatic heterocycles. The first-order chi connectivity index (χ1) is 11.4. The summed E-state index contributed by atoms with van der Waals surface area (Å²) in [5.41, 5.74) is 3.38. The molecule has 0 fully saturated rings. The topological polar surface area (TPSA) is 64.6 Å². The van der Waals surface area contributed by atoms with Crippen LogP contribution in [0, 0.1) is 13.8 Å². The summed E-state index contributed by atoms with van der Waals surface area (Å²) in [6.45, 7) is 5.25. The van der Waals surface area contributed by atoms with Crippen molar-refractivity contribution in [3.05, 3.63) is 53.1 Å². The Labute approximate surface area is 141 Å². The zero-order valence-corrected chi connectivity index (χ0v) is 14.3. The van der Waals surface area contributed by atoms with E-state index in [4.69, 9.17) is 9.47 Å². The van der Waals surface area contributed by atoms with Gasteiger partial charge in [-0.1, -0.05) is 6.07 Å². The number of carbonyl (C=O) groups excluding carboxylic acids is 2. The summed E-state index contributed by atoms with van der Waals surface area (Å²) in [6.07, 6.45) is 0. The van der Waals surface area contributed by atoms with Gasteiger partial charge in [0.2, 0.25) is 0 Å². The first-order valence-electron chi connectivity index (χ1n) is 7.59. The number of nitrogens with one attached hydrogen (secondary N) is 1. The number of rotatable bonds is 6. The first kappa shape index (κ1) is 17.5. The number of amides is 1. The molecule has 5 heteroatoms. The number of ether oxygens (including phenoxy) is 2. The van der Waals surface area contributed by atoms with Crippen LogP contribution in [0.5, 0.6) is 11.5 Å². The zero-order valence-electron chi connectivity index (χ0n) is 14.3. The van der Waals surface area contributed by atoms with E-state index in [1.807, 2.05) is 32.0 Å². The normalized spacial score (nSPS) is 10.2. The second kappa shape index (κ2) is 7.64. The van der Waals surface area contributed by atoms with Crippen molar-refractivity contribution in [2.75, 3.05) is 19.0 Å². The van der Waals surface area contributed by atoms with Gasteiger partial charge in [-0.3, -0.25) is 9.59 Å². The minimum atomic E-state index is -0.296. The summed E-state index contributed by atoms with van der Waals surface area (Å²) < 4.78 is 10.6. The lowest BCUT2D eigenvalue weighted by Crippen LogP contribution is -2.20. The van der Waals surface area contributed by atoms with Crippen LogP contribution in [0.3, 0.4) is 0 Å². The van der Waals surface area contributed by atoms with Crippen LogP contribution in [-0.4, -0.2) is 25.4 Å². The fraction of sp³-hybridized carbons (Fsp3) is 0.263. The smallest absolute Gasteiger partial charge is 0.262 e. The van der Waals surface area contributed by atoms with Crippen LogP contribution in [0.4, 0.5) is 5.69 Å². The van der Waals surface area contributed by atoms with E-state index in [1.54, 1.807) is 18.2 Å². The van der Waals surface area contributed by atoms with Crippen molar-refractivity contribution >= 4 is 17.4 Å². The molecular weight excluding hydrogens is 306 g/mol. The molecule has 2 rings (SSSR count). The Hall–Kier alpha value is -2.82. The maximum Gasteiger partial charge on any atom is 0.262 e. The number of Topliss-reactive ketones (excluding diaryl/α,β-unsaturated/α-hetero) is 1. The number of anilines is 1. The molecule has 24 heavy (non-hydrogen) atoms. The predicted molar refractivity (Wildman–Crippen MR) is 93.0 cm³/mol. The third kappa shape index (κ3) is 4.35. The molecule has 5 nitrogen and oxygen atoms in total. The van der Waals surface area contributed by atoms with Gasteiger partial charge < -0.3 is 14.8 Å². The molecule has 126 valence electrons. The lowest BCUT2D eigenvalue weighted by atomic mass is 10.1. The zero-order chi connectivity index (χ0) is 17.7. The van der Waals surface area contributed by atoms with Crippen LogP contribution >= 0.6 is 0 Å². The van der Waals surface area contributed by atoms with Gasteiger partial charge in [0, 0.05) is 11.8 Å². The summed E-state index contributed by atoms with van der Waals surface area (Å²) in [5.74, 6) is 0.458. The molecule has 0 atom stereocenters. The van der Waals surface area contributed by atoms with Crippen molar-refractivity contribution in [2.45, 2.75) is 20.8 Å². The molecule has 0 aliphatic heterocycles. The maximum atomic E-state index is 12.1. The molecule has 0 saturated heterocycles. The van der Waals surface area contributed by atoms with E-state index < -0.39 is 0 Å². The molecular formula is C19H21NO4. The van der Waals surface area contributed by atoms with Crippen molar-refractivity contribution in [1.82, 2.24) is 0 Å². The van der Waals surface area contributed by atoms with E-state index >= 15 is 0 Å². The predicted octanol–water partition coefficient (Wildman–Crippen LogP) is 3.53. The van der Waals surface area contributed by atoms with Crippen LogP contribution in [0.1, 0.15) is 28.4 Å². The summed E-state index contributed by atoms with van der Waals surface area (Å²) in [5, 5.41) is 2.78. The average molecular weight is 327 g/mol. The highest BCUT2D eigenvalue weighted by molar-refractivity contribution is 5.97. The largest absolute Gasteiger partial charge is 0.497 e. The number of benzene rings is 2. The maximum absolute atomic E-state index is 12.1. The van der Waals surface area contributed by atoms with Crippen LogP contribution < -0.4 is 14.8 Å². The van der Waals surface area contributed by atoms with Crippen LogP contribution in [0.15, 0.2) is 36.4 Å².